The summed E-state index contributed by atoms with van der Waals surface area (Å²) in [5.74, 6) is -1.31. The number of hydrogen-bond acceptors (Lipinski definition) is 5. The van der Waals surface area contributed by atoms with E-state index in [0.717, 1.165) is 24.3 Å². The van der Waals surface area contributed by atoms with Gasteiger partial charge in [-0.1, -0.05) is 34.1 Å². The fourth-order valence-electron chi connectivity index (χ4n) is 2.66. The van der Waals surface area contributed by atoms with E-state index in [9.17, 15) is 33.2 Å². The van der Waals surface area contributed by atoms with Gasteiger partial charge >= 0.3 is 6.18 Å². The van der Waals surface area contributed by atoms with Gasteiger partial charge < -0.3 is 5.11 Å². The largest absolute Gasteiger partial charge is 0.438 e. The Hall–Kier alpha value is -2.79. The summed E-state index contributed by atoms with van der Waals surface area (Å²) in [6.45, 7) is 0. The highest BCUT2D eigenvalue weighted by molar-refractivity contribution is 9.10. The molecule has 2 aromatic rings. The van der Waals surface area contributed by atoms with E-state index in [1.165, 1.54) is 12.1 Å². The minimum atomic E-state index is -5.20. The van der Waals surface area contributed by atoms with Gasteiger partial charge in [0, 0.05) is 22.2 Å². The van der Waals surface area contributed by atoms with Crippen molar-refractivity contribution in [2.24, 2.45) is 5.10 Å². The van der Waals surface area contributed by atoms with Crippen molar-refractivity contribution in [3.05, 3.63) is 74.2 Å². The van der Waals surface area contributed by atoms with E-state index >= 15 is 0 Å². The summed E-state index contributed by atoms with van der Waals surface area (Å²) in [6.07, 6.45) is -6.18. The van der Waals surface area contributed by atoms with Crippen LogP contribution in [-0.2, 0) is 0 Å². The fourth-order valence-corrected chi connectivity index (χ4v) is 2.92. The summed E-state index contributed by atoms with van der Waals surface area (Å²) in [7, 11) is 0. The molecule has 28 heavy (non-hydrogen) atoms. The van der Waals surface area contributed by atoms with Gasteiger partial charge in [0.15, 0.2) is 0 Å². The van der Waals surface area contributed by atoms with Gasteiger partial charge in [0.05, 0.1) is 17.1 Å². The Morgan fingerprint density at radius 2 is 1.89 bits per heavy atom. The van der Waals surface area contributed by atoms with Crippen LogP contribution in [0.2, 0.25) is 0 Å². The number of nitrogens with zero attached hydrogens (tertiary/aromatic N) is 3. The molecule has 0 aliphatic carbocycles. The van der Waals surface area contributed by atoms with Crippen LogP contribution in [0.15, 0.2) is 58.1 Å². The summed E-state index contributed by atoms with van der Waals surface area (Å²) in [5.41, 5.74) is -4.31. The smallest absolute Gasteiger partial charge is 0.362 e. The molecule has 7 nitrogen and oxygen atoms in total. The molecule has 11 heteroatoms. The predicted octanol–water partition coefficient (Wildman–Crippen LogP) is 3.86. The highest BCUT2D eigenvalue weighted by Gasteiger charge is 2.63. The lowest BCUT2D eigenvalue weighted by Crippen LogP contribution is -2.56. The Labute approximate surface area is 164 Å². The maximum absolute atomic E-state index is 13.6. The molecule has 0 unspecified atom stereocenters. The normalized spacial score (nSPS) is 19.5. The third-order valence-electron chi connectivity index (χ3n) is 4.11. The zero-order valence-corrected chi connectivity index (χ0v) is 15.4. The van der Waals surface area contributed by atoms with E-state index in [-0.39, 0.29) is 10.7 Å². The van der Waals surface area contributed by atoms with Crippen molar-refractivity contribution in [2.45, 2.75) is 18.3 Å². The highest BCUT2D eigenvalue weighted by Crippen LogP contribution is 2.42. The van der Waals surface area contributed by atoms with Crippen molar-refractivity contribution in [2.75, 3.05) is 0 Å². The molecule has 0 saturated carbocycles. The SMILES string of the molecule is O=C(c1cccc([N+](=O)[O-])c1)N1N=C(c2ccc(Br)cc2)C[C@]1(O)C(F)(F)F. The second kappa shape index (κ2) is 6.99. The van der Waals surface area contributed by atoms with E-state index in [2.05, 4.69) is 21.0 Å². The molecule has 0 fully saturated rings. The number of aliphatic hydroxyl groups is 1. The van der Waals surface area contributed by atoms with Gasteiger partial charge in [-0.25, -0.2) is 0 Å². The lowest BCUT2D eigenvalue weighted by molar-refractivity contribution is -0.384. The number of hydrazone groups is 1. The summed E-state index contributed by atoms with van der Waals surface area (Å²) in [4.78, 5) is 22.7. The number of alkyl halides is 3. The maximum Gasteiger partial charge on any atom is 0.438 e. The van der Waals surface area contributed by atoms with Crippen molar-refractivity contribution in [3.8, 4) is 0 Å². The Kier molecular flexibility index (Phi) is 4.98. The summed E-state index contributed by atoms with van der Waals surface area (Å²) in [5, 5.41) is 24.8. The second-order valence-corrected chi connectivity index (χ2v) is 6.88. The van der Waals surface area contributed by atoms with Gasteiger partial charge in [0.1, 0.15) is 0 Å². The molecule has 146 valence electrons. The Morgan fingerprint density at radius 1 is 1.25 bits per heavy atom. The first-order valence-corrected chi connectivity index (χ1v) is 8.54. The van der Waals surface area contributed by atoms with E-state index in [4.69, 9.17) is 0 Å². The molecular weight excluding hydrogens is 447 g/mol. The van der Waals surface area contributed by atoms with Gasteiger partial charge in [0.2, 0.25) is 0 Å². The first-order chi connectivity index (χ1) is 13.0. The average molecular weight is 458 g/mol. The number of amides is 1. The minimum Gasteiger partial charge on any atom is -0.362 e. The average Bonchev–Trinajstić information content (AvgIpc) is 3.00. The third-order valence-corrected chi connectivity index (χ3v) is 4.64. The van der Waals surface area contributed by atoms with Crippen LogP contribution >= 0.6 is 15.9 Å². The number of nitro benzene ring substituents is 1. The predicted molar refractivity (Wildman–Crippen MR) is 95.6 cm³/mol. The molecule has 2 aromatic carbocycles. The van der Waals surface area contributed by atoms with E-state index in [1.807, 2.05) is 0 Å². The number of carbonyl (C=O) groups is 1. The number of hydrogen-bond donors (Lipinski definition) is 1. The second-order valence-electron chi connectivity index (χ2n) is 5.97. The van der Waals surface area contributed by atoms with Crippen LogP contribution < -0.4 is 0 Å². The van der Waals surface area contributed by atoms with Crippen molar-refractivity contribution in [1.29, 1.82) is 0 Å². The van der Waals surface area contributed by atoms with Gasteiger partial charge in [-0.15, -0.1) is 0 Å². The Balaban J connectivity index is 2.05. The van der Waals surface area contributed by atoms with Crippen LogP contribution in [0.4, 0.5) is 18.9 Å². The Morgan fingerprint density at radius 3 is 2.46 bits per heavy atom. The topological polar surface area (TPSA) is 96.0 Å². The number of nitro groups is 1. The molecule has 0 radical (unpaired) electrons. The molecule has 0 spiro atoms. The van der Waals surface area contributed by atoms with E-state index in [1.54, 1.807) is 12.1 Å². The van der Waals surface area contributed by atoms with Crippen LogP contribution in [0.3, 0.4) is 0 Å². The number of rotatable bonds is 3. The van der Waals surface area contributed by atoms with Gasteiger partial charge in [-0.2, -0.15) is 23.3 Å². The van der Waals surface area contributed by atoms with Crippen molar-refractivity contribution in [1.82, 2.24) is 5.01 Å². The molecule has 3 rings (SSSR count). The summed E-state index contributed by atoms with van der Waals surface area (Å²) >= 11 is 3.20. The summed E-state index contributed by atoms with van der Waals surface area (Å²) in [6, 6.07) is 10.3. The van der Waals surface area contributed by atoms with E-state index in [0.29, 0.717) is 10.0 Å². The van der Waals surface area contributed by atoms with E-state index < -0.39 is 40.4 Å². The van der Waals surface area contributed by atoms with Crippen LogP contribution in [0.25, 0.3) is 0 Å². The zero-order chi connectivity index (χ0) is 20.7. The van der Waals surface area contributed by atoms with Gasteiger partial charge in [-0.3, -0.25) is 14.9 Å². The molecule has 1 atom stereocenters. The lowest BCUT2D eigenvalue weighted by Gasteiger charge is -2.32. The van der Waals surface area contributed by atoms with Crippen LogP contribution in [-0.4, -0.2) is 38.6 Å². The Bertz CT molecular complexity index is 978. The zero-order valence-electron chi connectivity index (χ0n) is 13.9. The first kappa shape index (κ1) is 20.0. The quantitative estimate of drug-likeness (QED) is 0.558. The molecule has 1 amide bonds. The van der Waals surface area contributed by atoms with Gasteiger partial charge in [-0.05, 0) is 23.8 Å². The van der Waals surface area contributed by atoms with Gasteiger partial charge in [0.25, 0.3) is 17.3 Å². The van der Waals surface area contributed by atoms with Crippen molar-refractivity contribution < 1.29 is 28.0 Å². The van der Waals surface area contributed by atoms with Crippen molar-refractivity contribution in [3.63, 3.8) is 0 Å². The molecule has 0 saturated heterocycles. The molecule has 0 aromatic heterocycles. The number of carbonyl (C=O) groups excluding carboxylic acids is 1. The standard InChI is InChI=1S/C17H11BrF3N3O4/c18-12-6-4-10(5-7-12)14-9-16(26,17(19,20)21)23(22-14)15(25)11-2-1-3-13(8-11)24(27)28/h1-8,26H,9H2/t16-/m0/s1. The van der Waals surface area contributed by atoms with Crippen LogP contribution in [0.1, 0.15) is 22.3 Å². The molecular formula is C17H11BrF3N3O4. The lowest BCUT2D eigenvalue weighted by atomic mass is 10.0. The highest BCUT2D eigenvalue weighted by atomic mass is 79.9. The first-order valence-electron chi connectivity index (χ1n) is 7.74. The molecule has 0 bridgehead atoms. The molecule has 1 N–H and O–H groups in total. The molecule has 1 heterocycles. The third kappa shape index (κ3) is 3.50. The number of non-ortho nitro benzene ring substituents is 1. The van der Waals surface area contributed by atoms with Crippen LogP contribution in [0.5, 0.6) is 0 Å². The number of benzene rings is 2. The minimum absolute atomic E-state index is 0.0660. The monoisotopic (exact) mass is 457 g/mol. The molecule has 1 aliphatic rings. The fraction of sp³-hybridized carbons (Fsp3) is 0.176. The number of halogens is 4. The van der Waals surface area contributed by atoms with Crippen LogP contribution in [0, 0.1) is 10.1 Å². The maximum atomic E-state index is 13.6. The van der Waals surface area contributed by atoms with Crippen molar-refractivity contribution >= 4 is 33.2 Å². The summed E-state index contributed by atoms with van der Waals surface area (Å²) < 4.78 is 41.5. The molecule has 1 aliphatic heterocycles.